The highest BCUT2D eigenvalue weighted by Crippen LogP contribution is 2.44. The lowest BCUT2D eigenvalue weighted by Gasteiger charge is -2.35. The highest BCUT2D eigenvalue weighted by atomic mass is 15.2. The Balaban J connectivity index is 0.948. The second-order valence-electron chi connectivity index (χ2n) is 18.8. The highest BCUT2D eigenvalue weighted by Gasteiger charge is 2.29. The third-order valence-electron chi connectivity index (χ3n) is 14.7. The number of hydrogen-bond acceptors (Lipinski definition) is 2. The lowest BCUT2D eigenvalue weighted by molar-refractivity contribution is 0.740. The number of allylic oxidation sites excluding steroid dienone is 3. The van der Waals surface area contributed by atoms with E-state index in [1.807, 2.05) is 0 Å². The third kappa shape index (κ3) is 6.76. The molecule has 5 nitrogen and oxygen atoms in total. The van der Waals surface area contributed by atoms with E-state index in [0.29, 0.717) is 0 Å². The number of aromatic nitrogens is 3. The van der Waals surface area contributed by atoms with Crippen molar-refractivity contribution >= 4 is 83.3 Å². The molecule has 0 bridgehead atoms. The molecule has 0 saturated heterocycles. The molecule has 2 aliphatic rings. The zero-order valence-electron chi connectivity index (χ0n) is 39.2. The van der Waals surface area contributed by atoms with Crippen LogP contribution in [0.25, 0.3) is 77.7 Å². The van der Waals surface area contributed by atoms with Crippen molar-refractivity contribution in [1.29, 1.82) is 0 Å². The summed E-state index contributed by atoms with van der Waals surface area (Å²) in [6.45, 7) is 0. The molecule has 1 unspecified atom stereocenters. The van der Waals surface area contributed by atoms with Gasteiger partial charge in [0.05, 0.1) is 33.6 Å². The van der Waals surface area contributed by atoms with Crippen LogP contribution >= 0.6 is 0 Å². The molecule has 2 aliphatic carbocycles. The third-order valence-corrected chi connectivity index (χ3v) is 14.7. The Morgan fingerprint density at radius 3 is 1.41 bits per heavy atom. The molecule has 0 amide bonds. The van der Waals surface area contributed by atoms with Gasteiger partial charge in [0.2, 0.25) is 0 Å². The fraction of sp³-hybridized carbons (Fsp3) is 0.0606. The number of hydrogen-bond donors (Lipinski definition) is 0. The maximum absolute atomic E-state index is 2.59. The normalized spacial score (nSPS) is 14.4. The van der Waals surface area contributed by atoms with Gasteiger partial charge in [0.25, 0.3) is 0 Å². The van der Waals surface area contributed by atoms with Crippen molar-refractivity contribution in [3.05, 3.63) is 266 Å². The smallest absolute Gasteiger partial charge is 0.0567 e. The van der Waals surface area contributed by atoms with Gasteiger partial charge in [-0.25, -0.2) is 0 Å². The van der Waals surface area contributed by atoms with Gasteiger partial charge in [-0.05, 0) is 152 Å². The van der Waals surface area contributed by atoms with E-state index in [2.05, 4.69) is 278 Å². The second kappa shape index (κ2) is 16.9. The fourth-order valence-corrected chi connectivity index (χ4v) is 11.7. The summed E-state index contributed by atoms with van der Waals surface area (Å²) in [6.07, 6.45) is 14.9. The van der Waals surface area contributed by atoms with E-state index in [1.165, 1.54) is 82.8 Å². The van der Waals surface area contributed by atoms with Crippen molar-refractivity contribution in [2.24, 2.45) is 0 Å². The van der Waals surface area contributed by atoms with Crippen molar-refractivity contribution in [2.75, 3.05) is 9.80 Å². The van der Waals surface area contributed by atoms with Gasteiger partial charge < -0.3 is 23.5 Å². The molecule has 71 heavy (non-hydrogen) atoms. The number of para-hydroxylation sites is 6. The first-order chi connectivity index (χ1) is 35.2. The van der Waals surface area contributed by atoms with Crippen LogP contribution in [0.2, 0.25) is 0 Å². The summed E-state index contributed by atoms with van der Waals surface area (Å²) in [5.74, 6) is 0. The van der Waals surface area contributed by atoms with E-state index < -0.39 is 0 Å². The number of nitrogens with zero attached hydrogens (tertiary/aromatic N) is 5. The van der Waals surface area contributed by atoms with Crippen LogP contribution in [-0.2, 0) is 6.42 Å². The number of rotatable bonds is 9. The summed E-state index contributed by atoms with van der Waals surface area (Å²) >= 11 is 0. The van der Waals surface area contributed by atoms with Crippen molar-refractivity contribution in [3.63, 3.8) is 0 Å². The Hall–Kier alpha value is -9.06. The highest BCUT2D eigenvalue weighted by molar-refractivity contribution is 6.13. The molecule has 0 saturated carbocycles. The van der Waals surface area contributed by atoms with Gasteiger partial charge in [0, 0.05) is 78.1 Å². The van der Waals surface area contributed by atoms with Crippen molar-refractivity contribution in [1.82, 2.24) is 13.7 Å². The van der Waals surface area contributed by atoms with Crippen LogP contribution in [0.15, 0.2) is 254 Å². The van der Waals surface area contributed by atoms with E-state index >= 15 is 0 Å². The largest absolute Gasteiger partial charge is 0.334 e. The summed E-state index contributed by atoms with van der Waals surface area (Å²) < 4.78 is 7.26. The summed E-state index contributed by atoms with van der Waals surface area (Å²) in [6, 6.07) is 82.1. The molecule has 3 heterocycles. The maximum Gasteiger partial charge on any atom is 0.0567 e. The molecule has 0 spiro atoms. The van der Waals surface area contributed by atoms with E-state index in [-0.39, 0.29) is 6.04 Å². The van der Waals surface area contributed by atoms with Gasteiger partial charge in [-0.15, -0.1) is 0 Å². The Bertz CT molecular complexity index is 4080. The minimum Gasteiger partial charge on any atom is -0.334 e. The topological polar surface area (TPSA) is 21.3 Å². The van der Waals surface area contributed by atoms with Crippen LogP contribution < -0.4 is 9.80 Å². The lowest BCUT2D eigenvalue weighted by Crippen LogP contribution is -2.36. The first-order valence-corrected chi connectivity index (χ1v) is 24.8. The van der Waals surface area contributed by atoms with Crippen LogP contribution in [-0.4, -0.2) is 19.7 Å². The molecule has 0 fully saturated rings. The van der Waals surface area contributed by atoms with E-state index in [9.17, 15) is 0 Å². The zero-order chi connectivity index (χ0) is 46.8. The average molecular weight is 912 g/mol. The Labute approximate surface area is 413 Å². The predicted octanol–water partition coefficient (Wildman–Crippen LogP) is 17.0. The fourth-order valence-electron chi connectivity index (χ4n) is 11.7. The Morgan fingerprint density at radius 2 is 0.831 bits per heavy atom. The van der Waals surface area contributed by atoms with Gasteiger partial charge in [-0.1, -0.05) is 127 Å². The van der Waals surface area contributed by atoms with Crippen molar-refractivity contribution in [2.45, 2.75) is 25.3 Å². The molecule has 9 aromatic carbocycles. The van der Waals surface area contributed by atoms with Gasteiger partial charge in [0.15, 0.2) is 0 Å². The minimum atomic E-state index is 0.0957. The van der Waals surface area contributed by atoms with Gasteiger partial charge in [-0.2, -0.15) is 0 Å². The first-order valence-electron chi connectivity index (χ1n) is 24.8. The van der Waals surface area contributed by atoms with Crippen LogP contribution in [0.5, 0.6) is 0 Å². The second-order valence-corrected chi connectivity index (χ2v) is 18.8. The molecule has 0 aliphatic heterocycles. The molecule has 3 aromatic heterocycles. The standard InChI is InChI=1S/C66H49N5/c1-6-20-46(21-7-1)67(51-34-38-63-57(42-51)55-30-16-18-32-61(55)69(63)48-24-10-3-11-25-48)53-36-40-65-59(44-53)60-45-54(37-41-66(60)71(65)50-28-14-5-15-29-50)68(47-22-8-2-9-23-47)52-35-39-64-58(43-52)56-31-17-19-33-62(56)70(64)49-26-12-4-13-27-49/h1,3-8,10-42,44-45,52H,2,9,43H2. The summed E-state index contributed by atoms with van der Waals surface area (Å²) in [4.78, 5) is 5.01. The number of anilines is 4. The molecular formula is C66H49N5. The van der Waals surface area contributed by atoms with Gasteiger partial charge >= 0.3 is 0 Å². The molecule has 5 heteroatoms. The van der Waals surface area contributed by atoms with Crippen LogP contribution in [0.4, 0.5) is 22.7 Å². The molecule has 0 radical (unpaired) electrons. The SMILES string of the molecule is C1=CC(N(c2ccc3c(c2)c2cc(N(c4ccccc4)c4ccc5c(c4)c4ccccc4n5-c4ccccc4)ccc2n3-c2ccccc2)C2C=Cc3c(c4ccccc4n3-c3ccccc3)C2)=CCC1. The van der Waals surface area contributed by atoms with Crippen LogP contribution in [0.3, 0.4) is 0 Å². The first kappa shape index (κ1) is 41.0. The quantitative estimate of drug-likeness (QED) is 0.144. The monoisotopic (exact) mass is 911 g/mol. The zero-order valence-corrected chi connectivity index (χ0v) is 39.2. The molecule has 12 aromatic rings. The summed E-state index contributed by atoms with van der Waals surface area (Å²) in [5, 5.41) is 6.17. The molecule has 1 atom stereocenters. The maximum atomic E-state index is 2.59. The Morgan fingerprint density at radius 1 is 0.366 bits per heavy atom. The van der Waals surface area contributed by atoms with Crippen LogP contribution in [0.1, 0.15) is 24.1 Å². The van der Waals surface area contributed by atoms with Gasteiger partial charge in [-0.3, -0.25) is 0 Å². The lowest BCUT2D eigenvalue weighted by atomic mass is 9.94. The van der Waals surface area contributed by atoms with E-state index in [0.717, 1.165) is 47.7 Å². The predicted molar refractivity (Wildman–Crippen MR) is 299 cm³/mol. The van der Waals surface area contributed by atoms with Crippen molar-refractivity contribution < 1.29 is 0 Å². The molecular weight excluding hydrogens is 863 g/mol. The minimum absolute atomic E-state index is 0.0957. The van der Waals surface area contributed by atoms with E-state index in [1.54, 1.807) is 0 Å². The summed E-state index contributed by atoms with van der Waals surface area (Å²) in [7, 11) is 0. The summed E-state index contributed by atoms with van der Waals surface area (Å²) in [5.41, 5.74) is 17.8. The van der Waals surface area contributed by atoms with E-state index in [4.69, 9.17) is 0 Å². The average Bonchev–Trinajstić information content (AvgIpc) is 4.07. The number of fused-ring (bicyclic) bond motifs is 9. The van der Waals surface area contributed by atoms with Gasteiger partial charge in [0.1, 0.15) is 0 Å². The molecule has 0 N–H and O–H groups in total. The molecule has 14 rings (SSSR count). The molecule has 338 valence electrons. The Kier molecular flexibility index (Phi) is 9.73. The number of benzene rings is 9. The van der Waals surface area contributed by atoms with Crippen molar-refractivity contribution in [3.8, 4) is 17.1 Å². The van der Waals surface area contributed by atoms with Crippen LogP contribution in [0, 0.1) is 0 Å².